The van der Waals surface area contributed by atoms with Crippen LogP contribution < -0.4 is 0 Å². The van der Waals surface area contributed by atoms with Gasteiger partial charge in [0.1, 0.15) is 0 Å². The Morgan fingerprint density at radius 2 is 2.00 bits per heavy atom. The Hall–Kier alpha value is -0.0800. The van der Waals surface area contributed by atoms with Gasteiger partial charge in [0.25, 0.3) is 0 Å². The molecule has 0 spiro atoms. The summed E-state index contributed by atoms with van der Waals surface area (Å²) in [6.45, 7) is 6.53. The van der Waals surface area contributed by atoms with Crippen LogP contribution in [-0.2, 0) is 4.74 Å². The molecule has 2 atom stereocenters. The highest BCUT2D eigenvalue weighted by Gasteiger charge is 2.15. The standard InChI is InChI=1S/C8H17NO/c1-7-4-5-9(3)6-8(2)10-7/h7-8H,4-6H2,1-3H3/t7-,8+/m1/s1. The molecule has 0 unspecified atom stereocenters. The van der Waals surface area contributed by atoms with E-state index in [9.17, 15) is 0 Å². The van der Waals surface area contributed by atoms with Gasteiger partial charge in [-0.2, -0.15) is 0 Å². The molecule has 0 bridgehead atoms. The van der Waals surface area contributed by atoms with Crippen LogP contribution in [0.2, 0.25) is 0 Å². The summed E-state index contributed by atoms with van der Waals surface area (Å²) in [5.74, 6) is 0. The van der Waals surface area contributed by atoms with E-state index in [0.717, 1.165) is 6.54 Å². The summed E-state index contributed by atoms with van der Waals surface area (Å²) in [6, 6.07) is 0. The minimum Gasteiger partial charge on any atom is -0.374 e. The van der Waals surface area contributed by atoms with Crippen molar-refractivity contribution in [2.24, 2.45) is 0 Å². The second kappa shape index (κ2) is 3.35. The van der Waals surface area contributed by atoms with Crippen molar-refractivity contribution >= 4 is 0 Å². The summed E-state index contributed by atoms with van der Waals surface area (Å²) in [5, 5.41) is 0. The Labute approximate surface area is 63.2 Å². The second-order valence-corrected chi connectivity index (χ2v) is 3.31. The summed E-state index contributed by atoms with van der Waals surface area (Å²) in [7, 11) is 2.15. The summed E-state index contributed by atoms with van der Waals surface area (Å²) < 4.78 is 5.64. The van der Waals surface area contributed by atoms with Gasteiger partial charge >= 0.3 is 0 Å². The zero-order valence-corrected chi connectivity index (χ0v) is 7.13. The SMILES string of the molecule is C[C@@H]1CCN(C)C[C@H](C)O1. The predicted octanol–water partition coefficient (Wildman–Crippen LogP) is 1.12. The third-order valence-electron chi connectivity index (χ3n) is 1.95. The molecule has 0 aromatic carbocycles. The normalized spacial score (nSPS) is 37.5. The van der Waals surface area contributed by atoms with E-state index in [1.54, 1.807) is 0 Å². The monoisotopic (exact) mass is 143 g/mol. The van der Waals surface area contributed by atoms with E-state index in [0.29, 0.717) is 12.2 Å². The van der Waals surface area contributed by atoms with Crippen LogP contribution in [0.5, 0.6) is 0 Å². The van der Waals surface area contributed by atoms with E-state index < -0.39 is 0 Å². The molecule has 1 aliphatic rings. The molecule has 2 nitrogen and oxygen atoms in total. The topological polar surface area (TPSA) is 12.5 Å². The Morgan fingerprint density at radius 1 is 1.30 bits per heavy atom. The molecule has 1 heterocycles. The van der Waals surface area contributed by atoms with Gasteiger partial charge < -0.3 is 9.64 Å². The molecule has 0 aromatic heterocycles. The zero-order valence-electron chi connectivity index (χ0n) is 7.13. The molecule has 1 saturated heterocycles. The third-order valence-corrected chi connectivity index (χ3v) is 1.95. The number of hydrogen-bond acceptors (Lipinski definition) is 2. The van der Waals surface area contributed by atoms with Crippen molar-refractivity contribution in [3.63, 3.8) is 0 Å². The average Bonchev–Trinajstić information content (AvgIpc) is 1.93. The molecule has 1 aliphatic heterocycles. The van der Waals surface area contributed by atoms with Gasteiger partial charge in [-0.25, -0.2) is 0 Å². The van der Waals surface area contributed by atoms with Crippen LogP contribution >= 0.6 is 0 Å². The van der Waals surface area contributed by atoms with Crippen LogP contribution in [0.25, 0.3) is 0 Å². The number of nitrogens with zero attached hydrogens (tertiary/aromatic N) is 1. The first kappa shape index (κ1) is 8.02. The molecule has 0 aromatic rings. The minimum absolute atomic E-state index is 0.405. The van der Waals surface area contributed by atoms with Crippen LogP contribution in [0.4, 0.5) is 0 Å². The average molecular weight is 143 g/mol. The molecular formula is C8H17NO. The Balaban J connectivity index is 2.38. The molecule has 1 fully saturated rings. The number of ether oxygens (including phenoxy) is 1. The predicted molar refractivity (Wildman–Crippen MR) is 42.1 cm³/mol. The quantitative estimate of drug-likeness (QED) is 0.504. The molecule has 0 radical (unpaired) electrons. The Morgan fingerprint density at radius 3 is 2.70 bits per heavy atom. The Kier molecular flexibility index (Phi) is 2.69. The molecule has 2 heteroatoms. The first-order chi connectivity index (χ1) is 4.68. The maximum atomic E-state index is 5.64. The number of hydrogen-bond donors (Lipinski definition) is 0. The second-order valence-electron chi connectivity index (χ2n) is 3.31. The van der Waals surface area contributed by atoms with Gasteiger partial charge in [-0.05, 0) is 27.3 Å². The van der Waals surface area contributed by atoms with Gasteiger partial charge in [0.15, 0.2) is 0 Å². The highest BCUT2D eigenvalue weighted by Crippen LogP contribution is 2.08. The van der Waals surface area contributed by atoms with Crippen LogP contribution in [-0.4, -0.2) is 37.2 Å². The van der Waals surface area contributed by atoms with Crippen molar-refractivity contribution in [2.75, 3.05) is 20.1 Å². The highest BCUT2D eigenvalue weighted by atomic mass is 16.5. The zero-order chi connectivity index (χ0) is 7.56. The van der Waals surface area contributed by atoms with Crippen molar-refractivity contribution in [3.8, 4) is 0 Å². The van der Waals surface area contributed by atoms with E-state index in [4.69, 9.17) is 4.74 Å². The fourth-order valence-corrected chi connectivity index (χ4v) is 1.44. The molecule has 0 saturated carbocycles. The van der Waals surface area contributed by atoms with Crippen LogP contribution in [0.3, 0.4) is 0 Å². The lowest BCUT2D eigenvalue weighted by Gasteiger charge is -2.15. The number of likely N-dealkylation sites (N-methyl/N-ethyl adjacent to an activating group) is 1. The summed E-state index contributed by atoms with van der Waals surface area (Å²) in [6.07, 6.45) is 2.02. The fraction of sp³-hybridized carbons (Fsp3) is 1.00. The van der Waals surface area contributed by atoms with Crippen LogP contribution in [0, 0.1) is 0 Å². The van der Waals surface area contributed by atoms with Crippen molar-refractivity contribution in [1.82, 2.24) is 4.90 Å². The van der Waals surface area contributed by atoms with Gasteiger partial charge in [0, 0.05) is 13.1 Å². The smallest absolute Gasteiger partial charge is 0.0677 e. The first-order valence-electron chi connectivity index (χ1n) is 4.02. The van der Waals surface area contributed by atoms with Crippen LogP contribution in [0.15, 0.2) is 0 Å². The maximum Gasteiger partial charge on any atom is 0.0677 e. The van der Waals surface area contributed by atoms with Gasteiger partial charge in [-0.15, -0.1) is 0 Å². The van der Waals surface area contributed by atoms with Crippen molar-refractivity contribution < 1.29 is 4.74 Å². The van der Waals surface area contributed by atoms with Crippen LogP contribution in [0.1, 0.15) is 20.3 Å². The lowest BCUT2D eigenvalue weighted by atomic mass is 10.3. The minimum atomic E-state index is 0.405. The summed E-state index contributed by atoms with van der Waals surface area (Å²) >= 11 is 0. The lowest BCUT2D eigenvalue weighted by molar-refractivity contribution is 0.0155. The molecule has 0 N–H and O–H groups in total. The van der Waals surface area contributed by atoms with Crippen molar-refractivity contribution in [1.29, 1.82) is 0 Å². The molecule has 0 amide bonds. The molecule has 1 rings (SSSR count). The molecule has 10 heavy (non-hydrogen) atoms. The van der Waals surface area contributed by atoms with Gasteiger partial charge in [0.05, 0.1) is 12.2 Å². The van der Waals surface area contributed by atoms with E-state index in [-0.39, 0.29) is 0 Å². The summed E-state index contributed by atoms with van der Waals surface area (Å²) in [5.41, 5.74) is 0. The van der Waals surface area contributed by atoms with Gasteiger partial charge in [0.2, 0.25) is 0 Å². The van der Waals surface area contributed by atoms with Gasteiger partial charge in [-0.3, -0.25) is 0 Å². The van der Waals surface area contributed by atoms with Gasteiger partial charge in [-0.1, -0.05) is 0 Å². The highest BCUT2D eigenvalue weighted by molar-refractivity contribution is 4.66. The summed E-state index contributed by atoms with van der Waals surface area (Å²) in [4.78, 5) is 2.33. The molecular weight excluding hydrogens is 126 g/mol. The van der Waals surface area contributed by atoms with E-state index in [1.807, 2.05) is 0 Å². The van der Waals surface area contributed by atoms with E-state index >= 15 is 0 Å². The molecule has 0 aliphatic carbocycles. The fourth-order valence-electron chi connectivity index (χ4n) is 1.44. The largest absolute Gasteiger partial charge is 0.374 e. The van der Waals surface area contributed by atoms with Crippen molar-refractivity contribution in [3.05, 3.63) is 0 Å². The maximum absolute atomic E-state index is 5.64. The number of rotatable bonds is 0. The Bertz CT molecular complexity index is 93.4. The first-order valence-corrected chi connectivity index (χ1v) is 4.02. The van der Waals surface area contributed by atoms with E-state index in [1.165, 1.54) is 13.0 Å². The van der Waals surface area contributed by atoms with Crippen molar-refractivity contribution in [2.45, 2.75) is 32.5 Å². The van der Waals surface area contributed by atoms with E-state index in [2.05, 4.69) is 25.8 Å². The lowest BCUT2D eigenvalue weighted by Crippen LogP contribution is -2.26. The third kappa shape index (κ3) is 2.27. The molecule has 60 valence electrons.